The summed E-state index contributed by atoms with van der Waals surface area (Å²) >= 11 is 0. The molecular formula is C20H22N2O5S. The van der Waals surface area contributed by atoms with Gasteiger partial charge in [-0.1, -0.05) is 17.7 Å². The van der Waals surface area contributed by atoms with Gasteiger partial charge in [0.2, 0.25) is 5.91 Å². The minimum absolute atomic E-state index is 0.0988. The highest BCUT2D eigenvalue weighted by atomic mass is 32.2. The number of hydrogen-bond acceptors (Lipinski definition) is 5. The third-order valence-electron chi connectivity index (χ3n) is 4.50. The van der Waals surface area contributed by atoms with Crippen LogP contribution in [0, 0.1) is 20.8 Å². The lowest BCUT2D eigenvalue weighted by atomic mass is 10.1. The van der Waals surface area contributed by atoms with Crippen molar-refractivity contribution in [1.82, 2.24) is 0 Å². The van der Waals surface area contributed by atoms with E-state index in [4.69, 9.17) is 4.74 Å². The Labute approximate surface area is 164 Å². The summed E-state index contributed by atoms with van der Waals surface area (Å²) in [4.78, 5) is 23.7. The Hall–Kier alpha value is -2.87. The van der Waals surface area contributed by atoms with Crippen LogP contribution >= 0.6 is 0 Å². The van der Waals surface area contributed by atoms with Crippen LogP contribution in [0.1, 0.15) is 23.1 Å². The maximum Gasteiger partial charge on any atom is 0.262 e. The number of fused-ring (bicyclic) bond motifs is 1. The van der Waals surface area contributed by atoms with Crippen molar-refractivity contribution in [3.63, 3.8) is 0 Å². The lowest BCUT2D eigenvalue weighted by molar-refractivity contribution is -0.118. The summed E-state index contributed by atoms with van der Waals surface area (Å²) < 4.78 is 30.8. The van der Waals surface area contributed by atoms with E-state index < -0.39 is 9.84 Å². The van der Waals surface area contributed by atoms with Gasteiger partial charge in [0.05, 0.1) is 16.3 Å². The first kappa shape index (κ1) is 19.9. The molecule has 0 radical (unpaired) electrons. The van der Waals surface area contributed by atoms with E-state index in [-0.39, 0.29) is 35.5 Å². The quantitative estimate of drug-likeness (QED) is 0.801. The number of ether oxygens (including phenoxy) is 1. The van der Waals surface area contributed by atoms with E-state index in [1.165, 1.54) is 6.07 Å². The summed E-state index contributed by atoms with van der Waals surface area (Å²) in [5.74, 6) is -0.667. The zero-order chi connectivity index (χ0) is 20.5. The van der Waals surface area contributed by atoms with Crippen LogP contribution in [0.2, 0.25) is 0 Å². The molecule has 0 aliphatic carbocycles. The molecule has 148 valence electrons. The molecule has 0 spiro atoms. The number of aryl methyl sites for hydroxylation is 3. The first-order valence-corrected chi connectivity index (χ1v) is 10.5. The Morgan fingerprint density at radius 3 is 2.61 bits per heavy atom. The van der Waals surface area contributed by atoms with Gasteiger partial charge in [-0.15, -0.1) is 0 Å². The molecule has 0 aromatic heterocycles. The van der Waals surface area contributed by atoms with Gasteiger partial charge in [-0.2, -0.15) is 0 Å². The summed E-state index contributed by atoms with van der Waals surface area (Å²) in [6.45, 7) is 5.33. The summed E-state index contributed by atoms with van der Waals surface area (Å²) in [5.41, 5.74) is 3.60. The Kier molecular flexibility index (Phi) is 5.42. The molecule has 0 saturated carbocycles. The predicted octanol–water partition coefficient (Wildman–Crippen LogP) is 2.75. The number of carbonyl (C=O) groups is 2. The van der Waals surface area contributed by atoms with Crippen LogP contribution in [0.15, 0.2) is 35.2 Å². The van der Waals surface area contributed by atoms with Crippen LogP contribution < -0.4 is 15.4 Å². The van der Waals surface area contributed by atoms with Gasteiger partial charge in [0.1, 0.15) is 5.75 Å². The number of nitrogens with one attached hydrogen (secondary N) is 2. The van der Waals surface area contributed by atoms with Gasteiger partial charge >= 0.3 is 0 Å². The lowest BCUT2D eigenvalue weighted by Gasteiger charge is -2.20. The van der Waals surface area contributed by atoms with Crippen molar-refractivity contribution in [3.05, 3.63) is 47.0 Å². The van der Waals surface area contributed by atoms with Crippen molar-refractivity contribution < 1.29 is 22.7 Å². The van der Waals surface area contributed by atoms with Crippen molar-refractivity contribution in [2.45, 2.75) is 32.1 Å². The van der Waals surface area contributed by atoms with Gasteiger partial charge in [0, 0.05) is 18.2 Å². The first-order valence-electron chi connectivity index (χ1n) is 8.83. The zero-order valence-corrected chi connectivity index (χ0v) is 16.8. The molecule has 7 nitrogen and oxygen atoms in total. The number of sulfone groups is 1. The molecule has 8 heteroatoms. The number of amides is 2. The maximum absolute atomic E-state index is 12.7. The van der Waals surface area contributed by atoms with Gasteiger partial charge in [-0.05, 0) is 44.0 Å². The fraction of sp³-hybridized carbons (Fsp3) is 0.300. The van der Waals surface area contributed by atoms with E-state index in [2.05, 4.69) is 10.6 Å². The molecule has 0 saturated heterocycles. The summed E-state index contributed by atoms with van der Waals surface area (Å²) in [6.07, 6.45) is -0.163. The summed E-state index contributed by atoms with van der Waals surface area (Å²) in [5, 5.41) is 5.40. The van der Waals surface area contributed by atoms with E-state index in [9.17, 15) is 18.0 Å². The highest BCUT2D eigenvalue weighted by molar-refractivity contribution is 7.91. The third-order valence-corrected chi connectivity index (χ3v) is 6.35. The fourth-order valence-electron chi connectivity index (χ4n) is 3.05. The molecule has 1 aliphatic rings. The molecule has 2 aromatic carbocycles. The van der Waals surface area contributed by atoms with E-state index in [1.807, 2.05) is 26.0 Å². The van der Waals surface area contributed by atoms with E-state index in [0.717, 1.165) is 11.1 Å². The molecule has 2 aromatic rings. The normalized spacial score (nSPS) is 13.3. The van der Waals surface area contributed by atoms with Gasteiger partial charge in [0.15, 0.2) is 16.4 Å². The van der Waals surface area contributed by atoms with Crippen molar-refractivity contribution in [3.8, 4) is 5.75 Å². The Bertz CT molecular complexity index is 1060. The number of hydrogen-bond donors (Lipinski definition) is 2. The van der Waals surface area contributed by atoms with Gasteiger partial charge < -0.3 is 15.4 Å². The predicted molar refractivity (Wildman–Crippen MR) is 107 cm³/mol. The number of anilines is 2. The highest BCUT2D eigenvalue weighted by Gasteiger charge is 2.24. The Balaban J connectivity index is 1.71. The largest absolute Gasteiger partial charge is 0.482 e. The van der Waals surface area contributed by atoms with Gasteiger partial charge in [-0.25, -0.2) is 8.42 Å². The van der Waals surface area contributed by atoms with Crippen molar-refractivity contribution in [2.75, 3.05) is 23.0 Å². The summed E-state index contributed by atoms with van der Waals surface area (Å²) in [7, 11) is -3.70. The molecule has 1 aliphatic heterocycles. The molecule has 0 bridgehead atoms. The molecule has 2 amide bonds. The van der Waals surface area contributed by atoms with Crippen LogP contribution in [0.25, 0.3) is 0 Å². The fourth-order valence-corrected chi connectivity index (χ4v) is 4.56. The lowest BCUT2D eigenvalue weighted by Crippen LogP contribution is -2.26. The molecule has 28 heavy (non-hydrogen) atoms. The monoisotopic (exact) mass is 402 g/mol. The topological polar surface area (TPSA) is 102 Å². The van der Waals surface area contributed by atoms with Gasteiger partial charge in [-0.3, -0.25) is 9.59 Å². The molecular weight excluding hydrogens is 380 g/mol. The molecule has 1 heterocycles. The molecule has 3 rings (SSSR count). The second-order valence-electron chi connectivity index (χ2n) is 6.89. The SMILES string of the molecule is Cc1ccc(NC(=O)CCS(=O)(=O)c2cc3c(cc2C)NC(=O)CO3)c(C)c1. The molecule has 0 unspecified atom stereocenters. The van der Waals surface area contributed by atoms with Crippen LogP contribution in [0.4, 0.5) is 11.4 Å². The van der Waals surface area contributed by atoms with Crippen LogP contribution in [-0.4, -0.2) is 32.6 Å². The number of carbonyl (C=O) groups excluding carboxylic acids is 2. The highest BCUT2D eigenvalue weighted by Crippen LogP contribution is 2.33. The smallest absolute Gasteiger partial charge is 0.262 e. The van der Waals surface area contributed by atoms with E-state index in [0.29, 0.717) is 22.7 Å². The maximum atomic E-state index is 12.7. The average molecular weight is 402 g/mol. The third kappa shape index (κ3) is 4.33. The van der Waals surface area contributed by atoms with E-state index >= 15 is 0 Å². The first-order chi connectivity index (χ1) is 13.2. The minimum atomic E-state index is -3.70. The number of benzene rings is 2. The number of rotatable bonds is 5. The molecule has 0 fully saturated rings. The van der Waals surface area contributed by atoms with E-state index in [1.54, 1.807) is 19.1 Å². The van der Waals surface area contributed by atoms with Crippen LogP contribution in [0.5, 0.6) is 5.75 Å². The zero-order valence-electron chi connectivity index (χ0n) is 16.0. The van der Waals surface area contributed by atoms with Crippen LogP contribution in [-0.2, 0) is 19.4 Å². The second-order valence-corrected chi connectivity index (χ2v) is 8.96. The minimum Gasteiger partial charge on any atom is -0.482 e. The van der Waals surface area contributed by atoms with Gasteiger partial charge in [0.25, 0.3) is 5.91 Å². The molecule has 0 atom stereocenters. The Morgan fingerprint density at radius 1 is 1.14 bits per heavy atom. The molecule has 2 N–H and O–H groups in total. The van der Waals surface area contributed by atoms with Crippen molar-refractivity contribution in [2.24, 2.45) is 0 Å². The standard InChI is InChI=1S/C20H22N2O5S/c1-12-4-5-15(13(2)8-12)21-19(23)6-7-28(25,26)18-10-17-16(9-14(18)3)22-20(24)11-27-17/h4-5,8-10H,6-7,11H2,1-3H3,(H,21,23)(H,22,24). The van der Waals surface area contributed by atoms with Crippen LogP contribution in [0.3, 0.4) is 0 Å². The Morgan fingerprint density at radius 2 is 1.89 bits per heavy atom. The average Bonchev–Trinajstić information content (AvgIpc) is 2.61. The van der Waals surface area contributed by atoms with Crippen molar-refractivity contribution in [1.29, 1.82) is 0 Å². The summed E-state index contributed by atoms with van der Waals surface area (Å²) in [6, 6.07) is 8.60. The van der Waals surface area contributed by atoms with Crippen molar-refractivity contribution >= 4 is 33.0 Å². The second kappa shape index (κ2) is 7.63.